The Labute approximate surface area is 156 Å². The molecule has 0 saturated carbocycles. The number of pyridine rings is 1. The van der Waals surface area contributed by atoms with E-state index in [4.69, 9.17) is 17.3 Å². The summed E-state index contributed by atoms with van der Waals surface area (Å²) < 4.78 is 1.98. The van der Waals surface area contributed by atoms with Crippen LogP contribution in [0.25, 0.3) is 11.0 Å². The topological polar surface area (TPSA) is 78.0 Å². The van der Waals surface area contributed by atoms with E-state index in [-0.39, 0.29) is 11.5 Å². The lowest BCUT2D eigenvalue weighted by molar-refractivity contribution is 0.0993. The first-order valence-electron chi connectivity index (χ1n) is 8.50. The Balaban J connectivity index is 2.31. The molecule has 0 atom stereocenters. The van der Waals surface area contributed by atoms with Gasteiger partial charge in [-0.3, -0.25) is 9.59 Å². The molecule has 0 unspecified atom stereocenters. The Morgan fingerprint density at radius 3 is 2.54 bits per heavy atom. The van der Waals surface area contributed by atoms with Gasteiger partial charge in [0.15, 0.2) is 5.78 Å². The van der Waals surface area contributed by atoms with E-state index in [1.807, 2.05) is 28.8 Å². The van der Waals surface area contributed by atoms with Crippen molar-refractivity contribution in [3.63, 3.8) is 0 Å². The van der Waals surface area contributed by atoms with E-state index in [0.29, 0.717) is 22.8 Å². The molecule has 0 aliphatic carbocycles. The maximum atomic E-state index is 12.3. The standard InChI is InChI=1S/C20H20ClN3O2/c1-3-6-17-18(12(2)25)14-9-10-16(19(22)26)23-20(14)24(17)11-13-7-4-5-8-15(13)21/h4-5,7-10H,3,6,11H2,1-2H3,(H2,22,26). The maximum Gasteiger partial charge on any atom is 0.267 e. The highest BCUT2D eigenvalue weighted by Gasteiger charge is 2.22. The molecule has 0 spiro atoms. The van der Waals surface area contributed by atoms with Gasteiger partial charge in [0.05, 0.1) is 6.54 Å². The Morgan fingerprint density at radius 1 is 1.19 bits per heavy atom. The van der Waals surface area contributed by atoms with E-state index < -0.39 is 5.91 Å². The van der Waals surface area contributed by atoms with Gasteiger partial charge in [-0.05, 0) is 37.1 Å². The summed E-state index contributed by atoms with van der Waals surface area (Å²) >= 11 is 6.33. The SMILES string of the molecule is CCCc1c(C(C)=O)c2ccc(C(N)=O)nc2n1Cc1ccccc1Cl. The molecule has 3 aromatic rings. The molecule has 5 nitrogen and oxygen atoms in total. The van der Waals surface area contributed by atoms with Gasteiger partial charge in [0, 0.05) is 21.7 Å². The van der Waals surface area contributed by atoms with Crippen molar-refractivity contribution in [3.05, 3.63) is 63.9 Å². The average Bonchev–Trinajstić information content (AvgIpc) is 2.90. The number of Topliss-reactive ketones (excluding diaryl/α,β-unsaturated/α-hetero) is 1. The van der Waals surface area contributed by atoms with Crippen LogP contribution in [0.2, 0.25) is 5.02 Å². The molecule has 0 fully saturated rings. The van der Waals surface area contributed by atoms with E-state index in [1.165, 1.54) is 0 Å². The maximum absolute atomic E-state index is 12.3. The number of nitrogens with zero attached hydrogens (tertiary/aromatic N) is 2. The number of ketones is 1. The van der Waals surface area contributed by atoms with Crippen LogP contribution in [-0.4, -0.2) is 21.2 Å². The van der Waals surface area contributed by atoms with Crippen molar-refractivity contribution >= 4 is 34.3 Å². The number of carbonyl (C=O) groups excluding carboxylic acids is 2. The quantitative estimate of drug-likeness (QED) is 0.667. The van der Waals surface area contributed by atoms with Crippen LogP contribution in [0.4, 0.5) is 0 Å². The van der Waals surface area contributed by atoms with Crippen LogP contribution >= 0.6 is 11.6 Å². The van der Waals surface area contributed by atoms with Gasteiger partial charge in [0.1, 0.15) is 11.3 Å². The first-order chi connectivity index (χ1) is 12.4. The summed E-state index contributed by atoms with van der Waals surface area (Å²) in [6.45, 7) is 4.08. The predicted octanol–water partition coefficient (Wildman–Crippen LogP) is 3.99. The molecule has 2 heterocycles. The third kappa shape index (κ3) is 3.22. The van der Waals surface area contributed by atoms with Crippen LogP contribution in [0, 0.1) is 0 Å². The molecule has 0 radical (unpaired) electrons. The molecule has 26 heavy (non-hydrogen) atoms. The lowest BCUT2D eigenvalue weighted by atomic mass is 10.1. The molecule has 0 bridgehead atoms. The molecule has 134 valence electrons. The Morgan fingerprint density at radius 2 is 1.92 bits per heavy atom. The molecular formula is C20H20ClN3O2. The second kappa shape index (κ2) is 7.30. The average molecular weight is 370 g/mol. The second-order valence-electron chi connectivity index (χ2n) is 6.24. The molecule has 3 rings (SSSR count). The number of aromatic nitrogens is 2. The van der Waals surface area contributed by atoms with Gasteiger partial charge < -0.3 is 10.3 Å². The van der Waals surface area contributed by atoms with E-state index >= 15 is 0 Å². The predicted molar refractivity (Wildman–Crippen MR) is 103 cm³/mol. The molecule has 2 aromatic heterocycles. The summed E-state index contributed by atoms with van der Waals surface area (Å²) in [4.78, 5) is 28.4. The zero-order valence-electron chi connectivity index (χ0n) is 14.8. The summed E-state index contributed by atoms with van der Waals surface area (Å²) in [5, 5.41) is 1.38. The van der Waals surface area contributed by atoms with Crippen molar-refractivity contribution in [2.45, 2.75) is 33.2 Å². The molecule has 0 aliphatic heterocycles. The third-order valence-corrected chi connectivity index (χ3v) is 4.76. The number of halogens is 1. The fourth-order valence-corrected chi connectivity index (χ4v) is 3.46. The van der Waals surface area contributed by atoms with Crippen LogP contribution in [0.1, 0.15) is 52.4 Å². The summed E-state index contributed by atoms with van der Waals surface area (Å²) in [6.07, 6.45) is 1.60. The van der Waals surface area contributed by atoms with Gasteiger partial charge >= 0.3 is 0 Å². The van der Waals surface area contributed by atoms with Gasteiger partial charge in [0.2, 0.25) is 0 Å². The van der Waals surface area contributed by atoms with Gasteiger partial charge in [-0.15, -0.1) is 0 Å². The molecule has 0 saturated heterocycles. The van der Waals surface area contributed by atoms with Crippen molar-refractivity contribution in [2.24, 2.45) is 5.73 Å². The lowest BCUT2D eigenvalue weighted by Crippen LogP contribution is -2.14. The first kappa shape index (κ1) is 18.1. The van der Waals surface area contributed by atoms with E-state index in [1.54, 1.807) is 19.1 Å². The third-order valence-electron chi connectivity index (χ3n) is 4.39. The molecule has 6 heteroatoms. The highest BCUT2D eigenvalue weighted by Crippen LogP contribution is 2.29. The second-order valence-corrected chi connectivity index (χ2v) is 6.64. The molecule has 2 N–H and O–H groups in total. The number of nitrogens with two attached hydrogens (primary N) is 1. The highest BCUT2D eigenvalue weighted by atomic mass is 35.5. The van der Waals surface area contributed by atoms with Gasteiger partial charge in [-0.25, -0.2) is 4.98 Å². The fraction of sp³-hybridized carbons (Fsp3) is 0.250. The van der Waals surface area contributed by atoms with Gasteiger partial charge in [-0.1, -0.05) is 43.1 Å². The summed E-state index contributed by atoms with van der Waals surface area (Å²) in [5.74, 6) is -0.621. The minimum atomic E-state index is -0.598. The van der Waals surface area contributed by atoms with Crippen LogP contribution in [0.5, 0.6) is 0 Å². The molecule has 1 aromatic carbocycles. The van der Waals surface area contributed by atoms with E-state index in [2.05, 4.69) is 11.9 Å². The van der Waals surface area contributed by atoms with E-state index in [0.717, 1.165) is 29.5 Å². The van der Waals surface area contributed by atoms with Crippen LogP contribution in [-0.2, 0) is 13.0 Å². The zero-order chi connectivity index (χ0) is 18.8. The number of rotatable bonds is 6. The Bertz CT molecular complexity index is 1010. The zero-order valence-corrected chi connectivity index (χ0v) is 15.5. The monoisotopic (exact) mass is 369 g/mol. The number of primary amides is 1. The van der Waals surface area contributed by atoms with Crippen molar-refractivity contribution < 1.29 is 9.59 Å². The van der Waals surface area contributed by atoms with Gasteiger partial charge in [-0.2, -0.15) is 0 Å². The first-order valence-corrected chi connectivity index (χ1v) is 8.88. The summed E-state index contributed by atoms with van der Waals surface area (Å²) in [6, 6.07) is 10.9. The normalized spacial score (nSPS) is 11.0. The van der Waals surface area contributed by atoms with Crippen molar-refractivity contribution in [1.29, 1.82) is 0 Å². The lowest BCUT2D eigenvalue weighted by Gasteiger charge is -2.12. The van der Waals surface area contributed by atoms with Crippen LogP contribution in [0.15, 0.2) is 36.4 Å². The highest BCUT2D eigenvalue weighted by molar-refractivity contribution is 6.31. The smallest absolute Gasteiger partial charge is 0.267 e. The van der Waals surface area contributed by atoms with Crippen molar-refractivity contribution in [1.82, 2.24) is 9.55 Å². The number of benzene rings is 1. The number of amides is 1. The number of hydrogen-bond donors (Lipinski definition) is 1. The van der Waals surface area contributed by atoms with Crippen molar-refractivity contribution in [3.8, 4) is 0 Å². The Kier molecular flexibility index (Phi) is 5.09. The van der Waals surface area contributed by atoms with Crippen LogP contribution in [0.3, 0.4) is 0 Å². The van der Waals surface area contributed by atoms with Crippen LogP contribution < -0.4 is 5.73 Å². The number of fused-ring (bicyclic) bond motifs is 1. The number of carbonyl (C=O) groups is 2. The summed E-state index contributed by atoms with van der Waals surface area (Å²) in [7, 11) is 0. The van der Waals surface area contributed by atoms with E-state index in [9.17, 15) is 9.59 Å². The molecule has 1 amide bonds. The Hall–Kier alpha value is -2.66. The molecule has 0 aliphatic rings. The fourth-order valence-electron chi connectivity index (χ4n) is 3.26. The largest absolute Gasteiger partial charge is 0.364 e. The minimum Gasteiger partial charge on any atom is -0.364 e. The summed E-state index contributed by atoms with van der Waals surface area (Å²) in [5.41, 5.74) is 8.63. The van der Waals surface area contributed by atoms with Crippen molar-refractivity contribution in [2.75, 3.05) is 0 Å². The number of hydrogen-bond acceptors (Lipinski definition) is 3. The minimum absolute atomic E-state index is 0.0232. The molecular weight excluding hydrogens is 350 g/mol. The van der Waals surface area contributed by atoms with Gasteiger partial charge in [0.25, 0.3) is 5.91 Å².